The Morgan fingerprint density at radius 2 is 1.89 bits per heavy atom. The van der Waals surface area contributed by atoms with Crippen LogP contribution in [-0.2, 0) is 4.79 Å². The van der Waals surface area contributed by atoms with E-state index in [0.29, 0.717) is 5.56 Å². The van der Waals surface area contributed by atoms with Crippen molar-refractivity contribution < 1.29 is 19.9 Å². The van der Waals surface area contributed by atoms with Crippen molar-refractivity contribution in [3.05, 3.63) is 39.9 Å². The summed E-state index contributed by atoms with van der Waals surface area (Å²) in [5, 5.41) is 32.0. The Morgan fingerprint density at radius 3 is 2.37 bits per heavy atom. The minimum atomic E-state index is -1.32. The van der Waals surface area contributed by atoms with Gasteiger partial charge in [0.1, 0.15) is 6.10 Å². The number of nitrogens with zero attached hydrogens (tertiary/aromatic N) is 1. The number of non-ortho nitro benzene ring substituents is 1. The summed E-state index contributed by atoms with van der Waals surface area (Å²) in [5.41, 5.74) is 5.28. The molecule has 0 aliphatic rings. The third kappa shape index (κ3) is 4.62. The zero-order valence-electron chi connectivity index (χ0n) is 10.0. The number of amides is 1. The molecule has 2 atom stereocenters. The molecule has 0 bridgehead atoms. The van der Waals surface area contributed by atoms with E-state index in [0.717, 1.165) is 0 Å². The molecule has 0 aliphatic carbocycles. The largest absolute Gasteiger partial charge is 0.387 e. The lowest BCUT2D eigenvalue weighted by molar-refractivity contribution is -0.384. The average molecular weight is 269 g/mol. The number of nitrogens with one attached hydrogen (secondary N) is 1. The van der Waals surface area contributed by atoms with Crippen LogP contribution >= 0.6 is 0 Å². The van der Waals surface area contributed by atoms with Crippen LogP contribution in [0.1, 0.15) is 11.7 Å². The summed E-state index contributed by atoms with van der Waals surface area (Å²) < 4.78 is 0. The van der Waals surface area contributed by atoms with Gasteiger partial charge in [-0.05, 0) is 17.7 Å². The molecule has 1 rings (SSSR count). The summed E-state index contributed by atoms with van der Waals surface area (Å²) in [7, 11) is 0. The molecular weight excluding hydrogens is 254 g/mol. The van der Waals surface area contributed by atoms with Crippen LogP contribution in [0.25, 0.3) is 0 Å². The fraction of sp³-hybridized carbons (Fsp3) is 0.364. The molecule has 0 saturated heterocycles. The zero-order valence-corrected chi connectivity index (χ0v) is 10.0. The molecule has 104 valence electrons. The molecule has 0 fully saturated rings. The lowest BCUT2D eigenvalue weighted by Gasteiger charge is -2.13. The van der Waals surface area contributed by atoms with Crippen molar-refractivity contribution in [2.75, 3.05) is 13.1 Å². The number of rotatable bonds is 7. The molecule has 19 heavy (non-hydrogen) atoms. The Balaban J connectivity index is 2.47. The van der Waals surface area contributed by atoms with E-state index in [4.69, 9.17) is 10.8 Å². The Labute approximate surface area is 109 Å². The number of nitrogens with two attached hydrogens (primary N) is 1. The number of nitro benzene ring substituents is 1. The summed E-state index contributed by atoms with van der Waals surface area (Å²) in [6.07, 6.45) is -2.22. The lowest BCUT2D eigenvalue weighted by atomic mass is 10.1. The van der Waals surface area contributed by atoms with Crippen molar-refractivity contribution in [3.8, 4) is 0 Å². The molecule has 0 radical (unpaired) electrons. The first-order chi connectivity index (χ1) is 8.91. The monoisotopic (exact) mass is 269 g/mol. The molecule has 8 heteroatoms. The number of carbonyl (C=O) groups is 1. The second-order valence-electron chi connectivity index (χ2n) is 3.94. The Hall–Kier alpha value is -2.03. The fourth-order valence-corrected chi connectivity index (χ4v) is 1.39. The SMILES string of the molecule is NC(=O)C(O)CNCC(O)c1ccc([N+](=O)[O-])cc1. The molecular formula is C11H15N3O5. The Morgan fingerprint density at radius 1 is 1.32 bits per heavy atom. The van der Waals surface area contributed by atoms with Gasteiger partial charge in [-0.1, -0.05) is 0 Å². The molecule has 0 heterocycles. The van der Waals surface area contributed by atoms with Gasteiger partial charge in [0.2, 0.25) is 5.91 Å². The number of carbonyl (C=O) groups excluding carboxylic acids is 1. The highest BCUT2D eigenvalue weighted by molar-refractivity contribution is 5.78. The van der Waals surface area contributed by atoms with Gasteiger partial charge in [0, 0.05) is 25.2 Å². The van der Waals surface area contributed by atoms with Gasteiger partial charge < -0.3 is 21.3 Å². The maximum atomic E-state index is 10.6. The lowest BCUT2D eigenvalue weighted by Crippen LogP contribution is -2.38. The number of hydrogen-bond donors (Lipinski definition) is 4. The van der Waals surface area contributed by atoms with Crippen molar-refractivity contribution in [2.45, 2.75) is 12.2 Å². The average Bonchev–Trinajstić information content (AvgIpc) is 2.38. The van der Waals surface area contributed by atoms with E-state index in [9.17, 15) is 20.0 Å². The van der Waals surface area contributed by atoms with E-state index >= 15 is 0 Å². The molecule has 0 spiro atoms. The van der Waals surface area contributed by atoms with Gasteiger partial charge in [0.25, 0.3) is 5.69 Å². The molecule has 1 amide bonds. The van der Waals surface area contributed by atoms with E-state index < -0.39 is 23.0 Å². The maximum absolute atomic E-state index is 10.6. The van der Waals surface area contributed by atoms with Crippen molar-refractivity contribution in [3.63, 3.8) is 0 Å². The number of primary amides is 1. The quantitative estimate of drug-likeness (QED) is 0.372. The van der Waals surface area contributed by atoms with Gasteiger partial charge in [-0.3, -0.25) is 14.9 Å². The summed E-state index contributed by atoms with van der Waals surface area (Å²) in [6.45, 7) is 0.0154. The molecule has 2 unspecified atom stereocenters. The first-order valence-electron chi connectivity index (χ1n) is 5.52. The standard InChI is InChI=1S/C11H15N3O5/c12-11(17)10(16)6-13-5-9(15)7-1-3-8(4-2-7)14(18)19/h1-4,9-10,13,15-16H,5-6H2,(H2,12,17). The topological polar surface area (TPSA) is 139 Å². The van der Waals surface area contributed by atoms with Crippen LogP contribution in [0.5, 0.6) is 0 Å². The Kier molecular flexibility index (Phi) is 5.37. The van der Waals surface area contributed by atoms with E-state index in [-0.39, 0.29) is 18.8 Å². The summed E-state index contributed by atoms with van der Waals surface area (Å²) in [6, 6.07) is 5.46. The number of aliphatic hydroxyl groups excluding tert-OH is 2. The number of benzene rings is 1. The smallest absolute Gasteiger partial charge is 0.269 e. The molecule has 0 aromatic heterocycles. The molecule has 1 aromatic rings. The normalized spacial score (nSPS) is 13.8. The second kappa shape index (κ2) is 6.78. The van der Waals surface area contributed by atoms with Gasteiger partial charge in [-0.2, -0.15) is 0 Å². The van der Waals surface area contributed by atoms with Gasteiger partial charge in [0.05, 0.1) is 11.0 Å². The van der Waals surface area contributed by atoms with Gasteiger partial charge in [0.15, 0.2) is 0 Å². The van der Waals surface area contributed by atoms with Crippen molar-refractivity contribution in [1.29, 1.82) is 0 Å². The number of nitro groups is 1. The van der Waals surface area contributed by atoms with Gasteiger partial charge in [-0.15, -0.1) is 0 Å². The predicted molar refractivity (Wildman–Crippen MR) is 66.1 cm³/mol. The highest BCUT2D eigenvalue weighted by Gasteiger charge is 2.13. The van der Waals surface area contributed by atoms with E-state index in [1.807, 2.05) is 0 Å². The van der Waals surface area contributed by atoms with Crippen molar-refractivity contribution in [1.82, 2.24) is 5.32 Å². The van der Waals surface area contributed by atoms with Crippen molar-refractivity contribution >= 4 is 11.6 Å². The van der Waals surface area contributed by atoms with Crippen LogP contribution in [0, 0.1) is 10.1 Å². The number of hydrogen-bond acceptors (Lipinski definition) is 6. The highest BCUT2D eigenvalue weighted by Crippen LogP contribution is 2.17. The summed E-state index contributed by atoms with van der Waals surface area (Å²) in [4.78, 5) is 20.5. The third-order valence-electron chi connectivity index (χ3n) is 2.49. The van der Waals surface area contributed by atoms with Crippen LogP contribution < -0.4 is 11.1 Å². The van der Waals surface area contributed by atoms with E-state index in [2.05, 4.69) is 5.32 Å². The Bertz CT molecular complexity index is 448. The van der Waals surface area contributed by atoms with Crippen LogP contribution in [0.2, 0.25) is 0 Å². The molecule has 5 N–H and O–H groups in total. The summed E-state index contributed by atoms with van der Waals surface area (Å²) >= 11 is 0. The maximum Gasteiger partial charge on any atom is 0.269 e. The van der Waals surface area contributed by atoms with E-state index in [1.54, 1.807) is 0 Å². The van der Waals surface area contributed by atoms with Gasteiger partial charge in [-0.25, -0.2) is 0 Å². The minimum absolute atomic E-state index is 0.0620. The number of aliphatic hydroxyl groups is 2. The van der Waals surface area contributed by atoms with E-state index in [1.165, 1.54) is 24.3 Å². The zero-order chi connectivity index (χ0) is 14.4. The van der Waals surface area contributed by atoms with Crippen LogP contribution in [0.4, 0.5) is 5.69 Å². The molecule has 1 aromatic carbocycles. The predicted octanol–water partition coefficient (Wildman–Crippen LogP) is -0.936. The highest BCUT2D eigenvalue weighted by atomic mass is 16.6. The van der Waals surface area contributed by atoms with Crippen molar-refractivity contribution in [2.24, 2.45) is 5.73 Å². The molecule has 0 aliphatic heterocycles. The third-order valence-corrected chi connectivity index (χ3v) is 2.49. The van der Waals surface area contributed by atoms with Crippen LogP contribution in [-0.4, -0.2) is 40.2 Å². The summed E-state index contributed by atoms with van der Waals surface area (Å²) in [5.74, 6) is -0.850. The molecule has 0 saturated carbocycles. The first kappa shape index (κ1) is 15.0. The first-order valence-corrected chi connectivity index (χ1v) is 5.52. The van der Waals surface area contributed by atoms with Crippen LogP contribution in [0.15, 0.2) is 24.3 Å². The second-order valence-corrected chi connectivity index (χ2v) is 3.94. The van der Waals surface area contributed by atoms with Crippen LogP contribution in [0.3, 0.4) is 0 Å². The molecule has 8 nitrogen and oxygen atoms in total. The fourth-order valence-electron chi connectivity index (χ4n) is 1.39. The minimum Gasteiger partial charge on any atom is -0.387 e. The van der Waals surface area contributed by atoms with Gasteiger partial charge >= 0.3 is 0 Å².